The Morgan fingerprint density at radius 3 is 2.78 bits per heavy atom. The summed E-state index contributed by atoms with van der Waals surface area (Å²) in [5.41, 5.74) is 3.36. The van der Waals surface area contributed by atoms with Crippen LogP contribution in [0.15, 0.2) is 47.3 Å². The van der Waals surface area contributed by atoms with E-state index in [1.807, 2.05) is 44.2 Å². The molecule has 2 aromatic carbocycles. The maximum atomic E-state index is 12.2. The van der Waals surface area contributed by atoms with E-state index in [1.54, 1.807) is 12.1 Å². The minimum absolute atomic E-state index is 0.122. The first-order valence-corrected chi connectivity index (χ1v) is 9.20. The molecule has 27 heavy (non-hydrogen) atoms. The minimum Gasteiger partial charge on any atom is -0.491 e. The number of ether oxygens (including phenoxy) is 1. The summed E-state index contributed by atoms with van der Waals surface area (Å²) >= 11 is 5.98. The summed E-state index contributed by atoms with van der Waals surface area (Å²) in [4.78, 5) is 15.1. The third kappa shape index (κ3) is 5.10. The SMILES string of the molecule is Cc1ccc2cc(CNCC(O)COc3ccc(Cl)c(C)c3)c(=O)[nH]c2c1. The molecule has 0 saturated carbocycles. The number of pyridine rings is 1. The van der Waals surface area contributed by atoms with Gasteiger partial charge in [0.15, 0.2) is 0 Å². The predicted octanol–water partition coefficient (Wildman–Crippen LogP) is 3.33. The Labute approximate surface area is 163 Å². The maximum Gasteiger partial charge on any atom is 0.252 e. The molecule has 1 aromatic heterocycles. The van der Waals surface area contributed by atoms with E-state index in [0.717, 1.165) is 22.0 Å². The van der Waals surface area contributed by atoms with Gasteiger partial charge in [-0.25, -0.2) is 0 Å². The molecular weight excluding hydrogens is 364 g/mol. The number of H-pyrrole nitrogens is 1. The number of aliphatic hydroxyl groups excluding tert-OH is 1. The van der Waals surface area contributed by atoms with Crippen molar-refractivity contribution in [3.8, 4) is 5.75 Å². The molecule has 1 atom stereocenters. The number of aliphatic hydroxyl groups is 1. The molecule has 0 amide bonds. The molecule has 1 unspecified atom stereocenters. The largest absolute Gasteiger partial charge is 0.491 e. The first kappa shape index (κ1) is 19.4. The van der Waals surface area contributed by atoms with E-state index in [-0.39, 0.29) is 12.2 Å². The van der Waals surface area contributed by atoms with Crippen LogP contribution in [0.1, 0.15) is 16.7 Å². The van der Waals surface area contributed by atoms with Crippen molar-refractivity contribution < 1.29 is 9.84 Å². The molecule has 6 heteroatoms. The Hall–Kier alpha value is -2.34. The lowest BCUT2D eigenvalue weighted by Gasteiger charge is -2.14. The average Bonchev–Trinajstić information content (AvgIpc) is 2.63. The van der Waals surface area contributed by atoms with Crippen LogP contribution in [0.2, 0.25) is 5.02 Å². The zero-order valence-electron chi connectivity index (χ0n) is 15.4. The van der Waals surface area contributed by atoms with Crippen molar-refractivity contribution in [2.24, 2.45) is 0 Å². The summed E-state index contributed by atoms with van der Waals surface area (Å²) < 4.78 is 5.58. The fraction of sp³-hybridized carbons (Fsp3) is 0.286. The van der Waals surface area contributed by atoms with Crippen LogP contribution in [0.25, 0.3) is 10.9 Å². The van der Waals surface area contributed by atoms with Crippen molar-refractivity contribution in [3.63, 3.8) is 0 Å². The van der Waals surface area contributed by atoms with Gasteiger partial charge in [0.1, 0.15) is 18.5 Å². The number of aromatic nitrogens is 1. The van der Waals surface area contributed by atoms with Gasteiger partial charge in [0, 0.05) is 29.2 Å². The van der Waals surface area contributed by atoms with Gasteiger partial charge in [-0.1, -0.05) is 23.7 Å². The molecule has 5 nitrogen and oxygen atoms in total. The van der Waals surface area contributed by atoms with Gasteiger partial charge < -0.3 is 20.1 Å². The van der Waals surface area contributed by atoms with E-state index < -0.39 is 6.10 Å². The number of aryl methyl sites for hydroxylation is 2. The zero-order valence-corrected chi connectivity index (χ0v) is 16.1. The molecule has 0 bridgehead atoms. The van der Waals surface area contributed by atoms with Gasteiger partial charge in [-0.15, -0.1) is 0 Å². The Kier molecular flexibility index (Phi) is 6.16. The summed E-state index contributed by atoms with van der Waals surface area (Å²) in [5, 5.41) is 14.9. The molecule has 1 heterocycles. The molecule has 3 aromatic rings. The highest BCUT2D eigenvalue weighted by atomic mass is 35.5. The summed E-state index contributed by atoms with van der Waals surface area (Å²) in [7, 11) is 0. The van der Waals surface area contributed by atoms with E-state index in [4.69, 9.17) is 16.3 Å². The number of hydrogen-bond donors (Lipinski definition) is 3. The normalized spacial score (nSPS) is 12.3. The van der Waals surface area contributed by atoms with Crippen molar-refractivity contribution in [2.75, 3.05) is 13.2 Å². The Balaban J connectivity index is 1.52. The van der Waals surface area contributed by atoms with Crippen LogP contribution in [0.4, 0.5) is 0 Å². The number of nitrogens with one attached hydrogen (secondary N) is 2. The van der Waals surface area contributed by atoms with Crippen LogP contribution in [-0.4, -0.2) is 29.3 Å². The smallest absolute Gasteiger partial charge is 0.252 e. The molecule has 0 aliphatic heterocycles. The standard InChI is InChI=1S/C21H23ClN2O3/c1-13-3-4-15-9-16(21(26)24-20(15)7-13)10-23-11-17(25)12-27-18-5-6-19(22)14(2)8-18/h3-9,17,23,25H,10-12H2,1-2H3,(H,24,26). The van der Waals surface area contributed by atoms with Crippen LogP contribution in [0, 0.1) is 13.8 Å². The third-order valence-corrected chi connectivity index (χ3v) is 4.77. The fourth-order valence-electron chi connectivity index (χ4n) is 2.82. The topological polar surface area (TPSA) is 74.3 Å². The second-order valence-electron chi connectivity index (χ2n) is 6.72. The number of benzene rings is 2. The number of aromatic amines is 1. The molecule has 0 spiro atoms. The van der Waals surface area contributed by atoms with Crippen LogP contribution < -0.4 is 15.6 Å². The highest BCUT2D eigenvalue weighted by Gasteiger charge is 2.08. The van der Waals surface area contributed by atoms with Gasteiger partial charge >= 0.3 is 0 Å². The van der Waals surface area contributed by atoms with Crippen LogP contribution in [0.5, 0.6) is 5.75 Å². The van der Waals surface area contributed by atoms with E-state index in [9.17, 15) is 9.90 Å². The van der Waals surface area contributed by atoms with E-state index in [2.05, 4.69) is 10.3 Å². The minimum atomic E-state index is -0.692. The number of fused-ring (bicyclic) bond motifs is 1. The second kappa shape index (κ2) is 8.57. The molecule has 0 fully saturated rings. The van der Waals surface area contributed by atoms with Crippen molar-refractivity contribution >= 4 is 22.5 Å². The van der Waals surface area contributed by atoms with Crippen molar-refractivity contribution in [1.82, 2.24) is 10.3 Å². The number of hydrogen-bond acceptors (Lipinski definition) is 4. The van der Waals surface area contributed by atoms with Gasteiger partial charge in [-0.2, -0.15) is 0 Å². The van der Waals surface area contributed by atoms with E-state index in [1.165, 1.54) is 0 Å². The summed E-state index contributed by atoms with van der Waals surface area (Å²) in [6.45, 7) is 4.73. The monoisotopic (exact) mass is 386 g/mol. The van der Waals surface area contributed by atoms with Crippen molar-refractivity contribution in [1.29, 1.82) is 0 Å². The lowest BCUT2D eigenvalue weighted by atomic mass is 10.1. The molecule has 0 aliphatic rings. The Morgan fingerprint density at radius 1 is 1.19 bits per heavy atom. The van der Waals surface area contributed by atoms with Crippen LogP contribution >= 0.6 is 11.6 Å². The van der Waals surface area contributed by atoms with E-state index in [0.29, 0.717) is 29.4 Å². The van der Waals surface area contributed by atoms with Gasteiger partial charge in [0.2, 0.25) is 0 Å². The lowest BCUT2D eigenvalue weighted by molar-refractivity contribution is 0.106. The highest BCUT2D eigenvalue weighted by molar-refractivity contribution is 6.31. The zero-order chi connectivity index (χ0) is 19.4. The van der Waals surface area contributed by atoms with Gasteiger partial charge in [0.05, 0.1) is 0 Å². The Morgan fingerprint density at radius 2 is 2.00 bits per heavy atom. The van der Waals surface area contributed by atoms with Crippen LogP contribution in [-0.2, 0) is 6.54 Å². The van der Waals surface area contributed by atoms with Crippen molar-refractivity contribution in [2.45, 2.75) is 26.5 Å². The van der Waals surface area contributed by atoms with Crippen LogP contribution in [0.3, 0.4) is 0 Å². The molecule has 3 rings (SSSR count). The van der Waals surface area contributed by atoms with E-state index >= 15 is 0 Å². The molecule has 142 valence electrons. The second-order valence-corrected chi connectivity index (χ2v) is 7.13. The molecular formula is C21H23ClN2O3. The predicted molar refractivity (Wildman–Crippen MR) is 109 cm³/mol. The summed E-state index contributed by atoms with van der Waals surface area (Å²) in [6.07, 6.45) is -0.692. The quantitative estimate of drug-likeness (QED) is 0.582. The summed E-state index contributed by atoms with van der Waals surface area (Å²) in [5.74, 6) is 0.664. The number of halogens is 1. The van der Waals surface area contributed by atoms with Crippen molar-refractivity contribution in [3.05, 3.63) is 74.5 Å². The lowest BCUT2D eigenvalue weighted by Crippen LogP contribution is -2.32. The Bertz CT molecular complexity index is 1000. The molecule has 0 radical (unpaired) electrons. The average molecular weight is 387 g/mol. The number of rotatable bonds is 7. The molecule has 3 N–H and O–H groups in total. The first-order valence-electron chi connectivity index (χ1n) is 8.82. The molecule has 0 aliphatic carbocycles. The molecule has 0 saturated heterocycles. The fourth-order valence-corrected chi connectivity index (χ4v) is 2.94. The highest BCUT2D eigenvalue weighted by Crippen LogP contribution is 2.21. The van der Waals surface area contributed by atoms with Gasteiger partial charge in [-0.05, 0) is 60.7 Å². The maximum absolute atomic E-state index is 12.2. The first-order chi connectivity index (χ1) is 12.9. The van der Waals surface area contributed by atoms with Gasteiger partial charge in [-0.3, -0.25) is 4.79 Å². The third-order valence-electron chi connectivity index (χ3n) is 4.35. The summed E-state index contributed by atoms with van der Waals surface area (Å²) in [6, 6.07) is 13.2. The van der Waals surface area contributed by atoms with Gasteiger partial charge in [0.25, 0.3) is 5.56 Å².